The summed E-state index contributed by atoms with van der Waals surface area (Å²) in [4.78, 5) is 14.8. The monoisotopic (exact) mass is 444 g/mol. The van der Waals surface area contributed by atoms with E-state index in [9.17, 15) is 9.90 Å². The van der Waals surface area contributed by atoms with Gasteiger partial charge in [0, 0.05) is 31.3 Å². The number of ether oxygens (including phenoxy) is 2. The number of benzene rings is 1. The first-order valence-corrected chi connectivity index (χ1v) is 11.7. The van der Waals surface area contributed by atoms with E-state index < -0.39 is 11.7 Å². The SMILES string of the molecule is C[C@@H]1CN(c2cc3nn(C4CCC(CO)CC4)cc3cc2NC(=O)OC(C)(C)C)CCO1. The Labute approximate surface area is 189 Å². The predicted molar refractivity (Wildman–Crippen MR) is 125 cm³/mol. The van der Waals surface area contributed by atoms with Crippen LogP contribution >= 0.6 is 0 Å². The lowest BCUT2D eigenvalue weighted by Gasteiger charge is -2.34. The smallest absolute Gasteiger partial charge is 0.412 e. The number of carbonyl (C=O) groups is 1. The summed E-state index contributed by atoms with van der Waals surface area (Å²) in [7, 11) is 0. The molecule has 2 N–H and O–H groups in total. The van der Waals surface area contributed by atoms with Gasteiger partial charge in [-0.2, -0.15) is 5.10 Å². The number of fused-ring (bicyclic) bond motifs is 1. The summed E-state index contributed by atoms with van der Waals surface area (Å²) in [5, 5.41) is 18.3. The first-order valence-electron chi connectivity index (χ1n) is 11.7. The van der Waals surface area contributed by atoms with E-state index in [0.717, 1.165) is 61.1 Å². The van der Waals surface area contributed by atoms with Gasteiger partial charge in [0.1, 0.15) is 5.60 Å². The predicted octanol–water partition coefficient (Wildman–Crippen LogP) is 4.33. The van der Waals surface area contributed by atoms with Crippen molar-refractivity contribution in [3.8, 4) is 0 Å². The van der Waals surface area contributed by atoms with E-state index in [1.165, 1.54) is 0 Å². The molecule has 4 rings (SSSR count). The van der Waals surface area contributed by atoms with E-state index in [0.29, 0.717) is 18.6 Å². The zero-order chi connectivity index (χ0) is 22.9. The molecule has 2 aromatic rings. The van der Waals surface area contributed by atoms with Gasteiger partial charge in [0.15, 0.2) is 0 Å². The van der Waals surface area contributed by atoms with E-state index in [2.05, 4.69) is 34.1 Å². The largest absolute Gasteiger partial charge is 0.444 e. The molecule has 32 heavy (non-hydrogen) atoms. The fourth-order valence-electron chi connectivity index (χ4n) is 4.67. The zero-order valence-corrected chi connectivity index (χ0v) is 19.6. The average molecular weight is 445 g/mol. The van der Waals surface area contributed by atoms with Gasteiger partial charge in [-0.1, -0.05) is 0 Å². The number of carbonyl (C=O) groups excluding carboxylic acids is 1. The molecule has 2 fully saturated rings. The van der Waals surface area contributed by atoms with Crippen LogP contribution in [-0.2, 0) is 9.47 Å². The molecule has 2 aliphatic rings. The molecule has 0 unspecified atom stereocenters. The lowest BCUT2D eigenvalue weighted by atomic mass is 9.87. The van der Waals surface area contributed by atoms with E-state index in [-0.39, 0.29) is 12.7 Å². The van der Waals surface area contributed by atoms with Gasteiger partial charge in [0.2, 0.25) is 0 Å². The summed E-state index contributed by atoms with van der Waals surface area (Å²) in [6.07, 6.45) is 5.83. The van der Waals surface area contributed by atoms with Crippen molar-refractivity contribution in [2.75, 3.05) is 36.5 Å². The summed E-state index contributed by atoms with van der Waals surface area (Å²) in [5.41, 5.74) is 2.01. The maximum atomic E-state index is 12.6. The maximum Gasteiger partial charge on any atom is 0.412 e. The summed E-state index contributed by atoms with van der Waals surface area (Å²) in [5.74, 6) is 0.413. The number of anilines is 2. The molecule has 1 amide bonds. The number of nitrogens with zero attached hydrogens (tertiary/aromatic N) is 3. The highest BCUT2D eigenvalue weighted by atomic mass is 16.6. The highest BCUT2D eigenvalue weighted by Gasteiger charge is 2.25. The highest BCUT2D eigenvalue weighted by Crippen LogP contribution is 2.36. The standard InChI is InChI=1S/C24H36N4O4/c1-16-13-27(9-10-31-16)22-12-20-18(11-21(22)25-23(30)32-24(2,3)4)14-28(26-20)19-7-5-17(15-29)6-8-19/h11-12,14,16-17,19,29H,5-10,13,15H2,1-4H3,(H,25,30)/t16-,17?,19?/m1/s1. The van der Waals surface area contributed by atoms with E-state index in [1.807, 2.05) is 26.8 Å². The Hall–Kier alpha value is -2.32. The summed E-state index contributed by atoms with van der Waals surface area (Å²) in [6, 6.07) is 4.41. The van der Waals surface area contributed by atoms with Crippen LogP contribution in [0.4, 0.5) is 16.2 Å². The molecule has 1 aliphatic carbocycles. The van der Waals surface area contributed by atoms with Gasteiger partial charge in [-0.3, -0.25) is 10.00 Å². The minimum absolute atomic E-state index is 0.119. The molecule has 8 heteroatoms. The maximum absolute atomic E-state index is 12.6. The quantitative estimate of drug-likeness (QED) is 0.730. The van der Waals surface area contributed by atoms with Gasteiger partial charge in [0.25, 0.3) is 0 Å². The van der Waals surface area contributed by atoms with Crippen molar-refractivity contribution in [2.45, 2.75) is 71.1 Å². The van der Waals surface area contributed by atoms with Gasteiger partial charge in [-0.25, -0.2) is 4.79 Å². The van der Waals surface area contributed by atoms with Crippen LogP contribution in [0.25, 0.3) is 10.9 Å². The number of morpholine rings is 1. The number of aliphatic hydroxyl groups is 1. The second kappa shape index (κ2) is 9.27. The molecule has 176 valence electrons. The minimum atomic E-state index is -0.569. The van der Waals surface area contributed by atoms with Gasteiger partial charge in [-0.15, -0.1) is 0 Å². The van der Waals surface area contributed by atoms with E-state index >= 15 is 0 Å². The van der Waals surface area contributed by atoms with Crippen molar-refractivity contribution in [1.82, 2.24) is 9.78 Å². The number of amides is 1. The number of hydrogen-bond acceptors (Lipinski definition) is 6. The molecule has 1 saturated carbocycles. The summed E-state index contributed by atoms with van der Waals surface area (Å²) >= 11 is 0. The van der Waals surface area contributed by atoms with Crippen LogP contribution in [0.2, 0.25) is 0 Å². The normalized spacial score (nSPS) is 24.5. The Bertz CT molecular complexity index is 943. The van der Waals surface area contributed by atoms with Gasteiger partial charge in [-0.05, 0) is 71.4 Å². The second-order valence-electron chi connectivity index (χ2n) is 10.1. The molecule has 1 atom stereocenters. The number of hydrogen-bond donors (Lipinski definition) is 2. The fraction of sp³-hybridized carbons (Fsp3) is 0.667. The molecule has 0 bridgehead atoms. The molecule has 0 radical (unpaired) electrons. The Kier molecular flexibility index (Phi) is 6.62. The molecular formula is C24H36N4O4. The third kappa shape index (κ3) is 5.35. The van der Waals surface area contributed by atoms with Gasteiger partial charge >= 0.3 is 6.09 Å². The molecule has 1 aromatic heterocycles. The van der Waals surface area contributed by atoms with E-state index in [1.54, 1.807) is 0 Å². The number of rotatable bonds is 4. The van der Waals surface area contributed by atoms with Crippen LogP contribution in [0.5, 0.6) is 0 Å². The first kappa shape index (κ1) is 22.9. The lowest BCUT2D eigenvalue weighted by molar-refractivity contribution is 0.0533. The Morgan fingerprint density at radius 1 is 1.28 bits per heavy atom. The third-order valence-electron chi connectivity index (χ3n) is 6.31. The van der Waals surface area contributed by atoms with Crippen LogP contribution in [0.15, 0.2) is 18.3 Å². The number of aliphatic hydroxyl groups excluding tert-OH is 1. The fourth-order valence-corrected chi connectivity index (χ4v) is 4.67. The average Bonchev–Trinajstić information content (AvgIpc) is 3.15. The minimum Gasteiger partial charge on any atom is -0.444 e. The highest BCUT2D eigenvalue weighted by molar-refractivity contribution is 5.96. The van der Waals surface area contributed by atoms with Crippen LogP contribution in [-0.4, -0.2) is 59.0 Å². The molecule has 2 heterocycles. The molecule has 1 saturated heterocycles. The molecular weight excluding hydrogens is 408 g/mol. The van der Waals surface area contributed by atoms with E-state index in [4.69, 9.17) is 14.6 Å². The van der Waals surface area contributed by atoms with Gasteiger partial charge < -0.3 is 19.5 Å². The summed E-state index contributed by atoms with van der Waals surface area (Å²) < 4.78 is 13.3. The molecule has 1 aliphatic heterocycles. The Morgan fingerprint density at radius 3 is 2.69 bits per heavy atom. The van der Waals surface area contributed by atoms with Crippen molar-refractivity contribution in [2.24, 2.45) is 5.92 Å². The van der Waals surface area contributed by atoms with Crippen molar-refractivity contribution in [3.63, 3.8) is 0 Å². The van der Waals surface area contributed by atoms with Crippen LogP contribution in [0.3, 0.4) is 0 Å². The Balaban J connectivity index is 1.64. The van der Waals surface area contributed by atoms with Crippen molar-refractivity contribution >= 4 is 28.4 Å². The lowest BCUT2D eigenvalue weighted by Crippen LogP contribution is -2.41. The number of nitrogens with one attached hydrogen (secondary N) is 1. The molecule has 8 nitrogen and oxygen atoms in total. The van der Waals surface area contributed by atoms with Crippen molar-refractivity contribution in [1.29, 1.82) is 0 Å². The molecule has 0 spiro atoms. The van der Waals surface area contributed by atoms with Crippen LogP contribution in [0, 0.1) is 5.92 Å². The summed E-state index contributed by atoms with van der Waals surface area (Å²) in [6.45, 7) is 10.1. The van der Waals surface area contributed by atoms with Crippen LogP contribution < -0.4 is 10.2 Å². The van der Waals surface area contributed by atoms with Crippen LogP contribution in [0.1, 0.15) is 59.4 Å². The van der Waals surface area contributed by atoms with Crippen molar-refractivity contribution in [3.05, 3.63) is 18.3 Å². The first-order chi connectivity index (χ1) is 15.2. The van der Waals surface area contributed by atoms with Gasteiger partial charge in [0.05, 0.1) is 35.6 Å². The zero-order valence-electron chi connectivity index (χ0n) is 19.6. The topological polar surface area (TPSA) is 88.9 Å². The second-order valence-corrected chi connectivity index (χ2v) is 10.1. The third-order valence-corrected chi connectivity index (χ3v) is 6.31. The van der Waals surface area contributed by atoms with Crippen molar-refractivity contribution < 1.29 is 19.4 Å². The Morgan fingerprint density at radius 2 is 2.03 bits per heavy atom. The number of aromatic nitrogens is 2. The molecule has 1 aromatic carbocycles.